The number of aromatic nitrogens is 1. The maximum atomic E-state index is 5.90. The van der Waals surface area contributed by atoms with Gasteiger partial charge in [0.1, 0.15) is 0 Å². The summed E-state index contributed by atoms with van der Waals surface area (Å²) in [6, 6.07) is 14.2. The zero-order chi connectivity index (χ0) is 13.5. The van der Waals surface area contributed by atoms with Crippen LogP contribution < -0.4 is 9.64 Å². The van der Waals surface area contributed by atoms with Gasteiger partial charge in [-0.1, -0.05) is 30.3 Å². The van der Waals surface area contributed by atoms with Crippen molar-refractivity contribution in [2.75, 3.05) is 24.4 Å². The fourth-order valence-electron chi connectivity index (χ4n) is 1.91. The first kappa shape index (κ1) is 13.7. The van der Waals surface area contributed by atoms with Crippen molar-refractivity contribution in [2.24, 2.45) is 0 Å². The van der Waals surface area contributed by atoms with Gasteiger partial charge >= 0.3 is 0 Å². The van der Waals surface area contributed by atoms with Crippen molar-refractivity contribution in [1.29, 1.82) is 0 Å². The van der Waals surface area contributed by atoms with Crippen molar-refractivity contribution in [1.82, 2.24) is 4.98 Å². The lowest BCUT2D eigenvalue weighted by Gasteiger charge is -2.24. The van der Waals surface area contributed by atoms with E-state index in [9.17, 15) is 0 Å². The number of methoxy groups -OCH3 is 1. The van der Waals surface area contributed by atoms with Gasteiger partial charge in [-0.15, -0.1) is 11.6 Å². The lowest BCUT2D eigenvalue weighted by atomic mass is 10.2. The monoisotopic (exact) mass is 276 g/mol. The molecule has 1 aromatic carbocycles. The van der Waals surface area contributed by atoms with Crippen molar-refractivity contribution in [3.63, 3.8) is 0 Å². The van der Waals surface area contributed by atoms with Crippen LogP contribution in [0.5, 0.6) is 5.88 Å². The number of ether oxygens (including phenoxy) is 1. The predicted molar refractivity (Wildman–Crippen MR) is 79.0 cm³/mol. The van der Waals surface area contributed by atoms with E-state index in [1.807, 2.05) is 30.3 Å². The van der Waals surface area contributed by atoms with E-state index in [0.717, 1.165) is 18.8 Å². The summed E-state index contributed by atoms with van der Waals surface area (Å²) in [7, 11) is 1.62. The van der Waals surface area contributed by atoms with E-state index < -0.39 is 0 Å². The molecule has 0 unspecified atom stereocenters. The largest absolute Gasteiger partial charge is 0.481 e. The zero-order valence-corrected chi connectivity index (χ0v) is 11.7. The Balaban J connectivity index is 2.19. The summed E-state index contributed by atoms with van der Waals surface area (Å²) >= 11 is 5.90. The highest BCUT2D eigenvalue weighted by Gasteiger charge is 2.08. The molecule has 0 aliphatic carbocycles. The van der Waals surface area contributed by atoms with Gasteiger partial charge in [-0.2, -0.15) is 0 Å². The average Bonchev–Trinajstić information content (AvgIpc) is 2.48. The molecule has 0 amide bonds. The van der Waals surface area contributed by atoms with Crippen molar-refractivity contribution in [3.8, 4) is 5.88 Å². The van der Waals surface area contributed by atoms with Crippen molar-refractivity contribution >= 4 is 17.3 Å². The summed E-state index contributed by atoms with van der Waals surface area (Å²) in [6.07, 6.45) is 1.75. The summed E-state index contributed by atoms with van der Waals surface area (Å²) in [6.45, 7) is 1.60. The summed E-state index contributed by atoms with van der Waals surface area (Å²) in [5.74, 6) is 1.20. The number of alkyl halides is 1. The summed E-state index contributed by atoms with van der Waals surface area (Å²) < 4.78 is 5.16. The summed E-state index contributed by atoms with van der Waals surface area (Å²) in [5.41, 5.74) is 2.32. The number of anilines is 1. The summed E-state index contributed by atoms with van der Waals surface area (Å²) in [5, 5.41) is 0. The second-order valence-electron chi connectivity index (χ2n) is 4.15. The third kappa shape index (κ3) is 3.86. The van der Waals surface area contributed by atoms with Gasteiger partial charge in [0.15, 0.2) is 0 Å². The Hall–Kier alpha value is -1.74. The molecule has 0 radical (unpaired) electrons. The Morgan fingerprint density at radius 1 is 1.21 bits per heavy atom. The number of hydrogen-bond acceptors (Lipinski definition) is 3. The molecule has 0 bridgehead atoms. The van der Waals surface area contributed by atoms with Crippen LogP contribution in [0.4, 0.5) is 5.69 Å². The van der Waals surface area contributed by atoms with Gasteiger partial charge in [-0.3, -0.25) is 0 Å². The summed E-state index contributed by atoms with van der Waals surface area (Å²) in [4.78, 5) is 6.34. The molecule has 3 nitrogen and oxygen atoms in total. The zero-order valence-electron chi connectivity index (χ0n) is 10.9. The number of hydrogen-bond donors (Lipinski definition) is 0. The van der Waals surface area contributed by atoms with E-state index in [2.05, 4.69) is 22.0 Å². The van der Waals surface area contributed by atoms with Crippen molar-refractivity contribution in [2.45, 2.75) is 6.54 Å². The first-order valence-electron chi connectivity index (χ1n) is 6.18. The van der Waals surface area contributed by atoms with Crippen LogP contribution in [0.2, 0.25) is 0 Å². The van der Waals surface area contributed by atoms with Gasteiger partial charge in [0.25, 0.3) is 0 Å². The Bertz CT molecular complexity index is 505. The number of benzene rings is 1. The molecule has 0 saturated heterocycles. The maximum Gasteiger partial charge on any atom is 0.214 e. The molecule has 0 aliphatic heterocycles. The minimum atomic E-state index is 0.581. The first-order valence-corrected chi connectivity index (χ1v) is 6.72. The van der Waals surface area contributed by atoms with Crippen LogP contribution in [0.1, 0.15) is 5.56 Å². The van der Waals surface area contributed by atoms with Gasteiger partial charge in [-0.25, -0.2) is 4.98 Å². The van der Waals surface area contributed by atoms with E-state index in [-0.39, 0.29) is 0 Å². The molecule has 0 fully saturated rings. The fraction of sp³-hybridized carbons (Fsp3) is 0.267. The van der Waals surface area contributed by atoms with Gasteiger partial charge in [-0.05, 0) is 11.6 Å². The van der Waals surface area contributed by atoms with E-state index >= 15 is 0 Å². The minimum Gasteiger partial charge on any atom is -0.481 e. The lowest BCUT2D eigenvalue weighted by molar-refractivity contribution is 0.398. The molecule has 100 valence electrons. The molecule has 2 rings (SSSR count). The van der Waals surface area contributed by atoms with Gasteiger partial charge in [0.2, 0.25) is 5.88 Å². The van der Waals surface area contributed by atoms with E-state index in [4.69, 9.17) is 16.3 Å². The first-order chi connectivity index (χ1) is 9.33. The number of halogens is 1. The smallest absolute Gasteiger partial charge is 0.214 e. The van der Waals surface area contributed by atoms with Crippen LogP contribution in [0.25, 0.3) is 0 Å². The molecule has 4 heteroatoms. The van der Waals surface area contributed by atoms with Crippen LogP contribution in [0.3, 0.4) is 0 Å². The molecule has 0 atom stereocenters. The maximum absolute atomic E-state index is 5.90. The molecular formula is C15H17ClN2O. The normalized spacial score (nSPS) is 10.2. The second-order valence-corrected chi connectivity index (χ2v) is 4.53. The number of rotatable bonds is 6. The van der Waals surface area contributed by atoms with E-state index in [1.165, 1.54) is 5.56 Å². The van der Waals surface area contributed by atoms with Crippen LogP contribution >= 0.6 is 11.6 Å². The minimum absolute atomic E-state index is 0.581. The Labute approximate surface area is 118 Å². The number of pyridine rings is 1. The van der Waals surface area contributed by atoms with Gasteiger partial charge in [0.05, 0.1) is 7.11 Å². The van der Waals surface area contributed by atoms with Crippen LogP contribution in [0, 0.1) is 0 Å². The molecule has 1 heterocycles. The molecule has 2 aromatic rings. The second kappa shape index (κ2) is 7.00. The Morgan fingerprint density at radius 3 is 2.68 bits per heavy atom. The molecule has 0 aliphatic rings. The SMILES string of the molecule is COc1cc(N(CCCl)Cc2ccccc2)ccn1. The van der Waals surface area contributed by atoms with Crippen LogP contribution in [-0.2, 0) is 6.54 Å². The molecule has 0 spiro atoms. The highest BCUT2D eigenvalue weighted by Crippen LogP contribution is 2.20. The van der Waals surface area contributed by atoms with Gasteiger partial charge < -0.3 is 9.64 Å². The van der Waals surface area contributed by atoms with Crippen LogP contribution in [0.15, 0.2) is 48.7 Å². The highest BCUT2D eigenvalue weighted by atomic mass is 35.5. The molecule has 0 N–H and O–H groups in total. The predicted octanol–water partition coefficient (Wildman–Crippen LogP) is 3.34. The molecule has 0 saturated carbocycles. The van der Waals surface area contributed by atoms with Crippen LogP contribution in [-0.4, -0.2) is 24.5 Å². The Morgan fingerprint density at radius 2 is 2.00 bits per heavy atom. The van der Waals surface area contributed by atoms with E-state index in [1.54, 1.807) is 13.3 Å². The standard InChI is InChI=1S/C15H17ClN2O/c1-19-15-11-14(7-9-17-15)18(10-8-16)12-13-5-3-2-4-6-13/h2-7,9,11H,8,10,12H2,1H3. The van der Waals surface area contributed by atoms with Gasteiger partial charge in [0, 0.05) is 36.9 Å². The Kier molecular flexibility index (Phi) is 5.04. The average molecular weight is 277 g/mol. The van der Waals surface area contributed by atoms with Crippen molar-refractivity contribution in [3.05, 3.63) is 54.2 Å². The fourth-order valence-corrected chi connectivity index (χ4v) is 2.12. The molecule has 19 heavy (non-hydrogen) atoms. The highest BCUT2D eigenvalue weighted by molar-refractivity contribution is 6.18. The lowest BCUT2D eigenvalue weighted by Crippen LogP contribution is -2.24. The topological polar surface area (TPSA) is 25.4 Å². The molecular weight excluding hydrogens is 260 g/mol. The third-order valence-electron chi connectivity index (χ3n) is 2.86. The number of nitrogens with zero attached hydrogens (tertiary/aromatic N) is 2. The van der Waals surface area contributed by atoms with E-state index in [0.29, 0.717) is 11.8 Å². The third-order valence-corrected chi connectivity index (χ3v) is 3.03. The quantitative estimate of drug-likeness (QED) is 0.757. The van der Waals surface area contributed by atoms with Crippen molar-refractivity contribution < 1.29 is 4.74 Å². The molecule has 1 aromatic heterocycles.